The van der Waals surface area contributed by atoms with E-state index in [9.17, 15) is 5.11 Å². The average Bonchev–Trinajstić information content (AvgIpc) is 3.14. The fourth-order valence-electron chi connectivity index (χ4n) is 3.23. The van der Waals surface area contributed by atoms with Gasteiger partial charge in [-0.2, -0.15) is 0 Å². The van der Waals surface area contributed by atoms with Crippen LogP contribution in [0.15, 0.2) is 53.7 Å². The Bertz CT molecular complexity index is 790. The summed E-state index contributed by atoms with van der Waals surface area (Å²) in [5.74, 6) is 1.42. The van der Waals surface area contributed by atoms with Crippen LogP contribution in [0.2, 0.25) is 0 Å². The number of unbranched alkanes of at least 4 members (excludes halogenated alkanes) is 2. The van der Waals surface area contributed by atoms with Crippen molar-refractivity contribution >= 4 is 5.71 Å². The van der Waals surface area contributed by atoms with Gasteiger partial charge in [0.25, 0.3) is 0 Å². The molecule has 150 valence electrons. The van der Waals surface area contributed by atoms with Gasteiger partial charge in [-0.1, -0.05) is 35.5 Å². The normalized spacial score (nSPS) is 18.5. The van der Waals surface area contributed by atoms with Gasteiger partial charge in [-0.25, -0.2) is 0 Å². The molecule has 0 saturated heterocycles. The van der Waals surface area contributed by atoms with Gasteiger partial charge in [0.1, 0.15) is 0 Å². The van der Waals surface area contributed by atoms with E-state index in [0.717, 1.165) is 37.0 Å². The van der Waals surface area contributed by atoms with E-state index >= 15 is 0 Å². The van der Waals surface area contributed by atoms with Gasteiger partial charge < -0.3 is 19.4 Å². The largest absolute Gasteiger partial charge is 0.493 e. The Kier molecular flexibility index (Phi) is 6.93. The highest BCUT2D eigenvalue weighted by Gasteiger charge is 2.34. The van der Waals surface area contributed by atoms with Crippen LogP contribution in [0.25, 0.3) is 0 Å². The highest BCUT2D eigenvalue weighted by atomic mass is 16.7. The van der Waals surface area contributed by atoms with Crippen LogP contribution in [0.5, 0.6) is 11.5 Å². The van der Waals surface area contributed by atoms with Gasteiger partial charge in [0.05, 0.1) is 26.0 Å². The van der Waals surface area contributed by atoms with Gasteiger partial charge in [-0.05, 0) is 56.4 Å². The Hall–Kier alpha value is -2.53. The second-order valence-electron chi connectivity index (χ2n) is 7.42. The van der Waals surface area contributed by atoms with Crippen molar-refractivity contribution in [3.63, 3.8) is 0 Å². The van der Waals surface area contributed by atoms with Crippen LogP contribution in [-0.4, -0.2) is 36.7 Å². The van der Waals surface area contributed by atoms with Gasteiger partial charge in [-0.15, -0.1) is 0 Å². The number of methoxy groups -OCH3 is 1. The molecule has 28 heavy (non-hydrogen) atoms. The number of aliphatic hydroxyl groups excluding tert-OH is 1. The highest BCUT2D eigenvalue weighted by molar-refractivity contribution is 6.02. The first-order chi connectivity index (χ1) is 13.6. The molecular formula is C23H29NO4. The monoisotopic (exact) mass is 383 g/mol. The number of aryl methyl sites for hydroxylation is 1. The molecule has 0 bridgehead atoms. The SMILES string of the molecule is COc1ccc(C2=NOC(C)(CO)C2)cc1OCCCCCc1ccccc1. The van der Waals surface area contributed by atoms with E-state index < -0.39 is 5.60 Å². The van der Waals surface area contributed by atoms with E-state index in [0.29, 0.717) is 24.5 Å². The molecular weight excluding hydrogens is 354 g/mol. The summed E-state index contributed by atoms with van der Waals surface area (Å²) in [5.41, 5.74) is 2.48. The highest BCUT2D eigenvalue weighted by Crippen LogP contribution is 2.32. The van der Waals surface area contributed by atoms with Crippen LogP contribution in [0, 0.1) is 0 Å². The van der Waals surface area contributed by atoms with Crippen LogP contribution >= 0.6 is 0 Å². The number of benzene rings is 2. The lowest BCUT2D eigenvalue weighted by atomic mass is 9.96. The predicted octanol–water partition coefficient (Wildman–Crippen LogP) is 4.36. The maximum atomic E-state index is 9.44. The standard InChI is InChI=1S/C23H29NO4/c1-23(17-25)16-20(24-28-23)19-12-13-21(26-2)22(15-19)27-14-8-4-7-11-18-9-5-3-6-10-18/h3,5-6,9-10,12-13,15,25H,4,7-8,11,14,16-17H2,1-2H3. The minimum absolute atomic E-state index is 0.0670. The third-order valence-corrected chi connectivity index (χ3v) is 4.96. The minimum Gasteiger partial charge on any atom is -0.493 e. The van der Waals surface area contributed by atoms with Crippen molar-refractivity contribution in [3.8, 4) is 11.5 Å². The second-order valence-corrected chi connectivity index (χ2v) is 7.42. The summed E-state index contributed by atoms with van der Waals surface area (Å²) in [6, 6.07) is 16.3. The Labute approximate surface area is 166 Å². The van der Waals surface area contributed by atoms with Crippen molar-refractivity contribution in [3.05, 3.63) is 59.7 Å². The van der Waals surface area contributed by atoms with Gasteiger partial charge in [0, 0.05) is 12.0 Å². The Morgan fingerprint density at radius 3 is 2.61 bits per heavy atom. The molecule has 0 fully saturated rings. The molecule has 2 aromatic carbocycles. The van der Waals surface area contributed by atoms with Crippen molar-refractivity contribution in [2.24, 2.45) is 5.16 Å². The molecule has 1 N–H and O–H groups in total. The summed E-state index contributed by atoms with van der Waals surface area (Å²) >= 11 is 0. The molecule has 1 aliphatic heterocycles. The summed E-state index contributed by atoms with van der Waals surface area (Å²) in [7, 11) is 1.64. The van der Waals surface area contributed by atoms with Crippen LogP contribution in [-0.2, 0) is 11.3 Å². The Balaban J connectivity index is 1.50. The van der Waals surface area contributed by atoms with Crippen molar-refractivity contribution in [2.45, 2.75) is 44.6 Å². The van der Waals surface area contributed by atoms with Gasteiger partial charge in [0.15, 0.2) is 17.1 Å². The maximum absolute atomic E-state index is 9.44. The van der Waals surface area contributed by atoms with E-state index in [1.165, 1.54) is 5.56 Å². The first-order valence-corrected chi connectivity index (χ1v) is 9.84. The quantitative estimate of drug-likeness (QED) is 0.619. The lowest BCUT2D eigenvalue weighted by Gasteiger charge is -2.17. The number of hydrogen-bond acceptors (Lipinski definition) is 5. The van der Waals surface area contributed by atoms with Gasteiger partial charge >= 0.3 is 0 Å². The van der Waals surface area contributed by atoms with Crippen LogP contribution in [0.4, 0.5) is 0 Å². The summed E-state index contributed by atoms with van der Waals surface area (Å²) < 4.78 is 11.4. The lowest BCUT2D eigenvalue weighted by Crippen LogP contribution is -2.29. The molecule has 1 atom stereocenters. The van der Waals surface area contributed by atoms with E-state index in [1.807, 2.05) is 31.2 Å². The van der Waals surface area contributed by atoms with E-state index in [2.05, 4.69) is 29.4 Å². The van der Waals surface area contributed by atoms with E-state index in [-0.39, 0.29) is 6.61 Å². The molecule has 2 aromatic rings. The number of ether oxygens (including phenoxy) is 2. The number of oxime groups is 1. The zero-order valence-corrected chi connectivity index (χ0v) is 16.7. The molecule has 3 rings (SSSR count). The third kappa shape index (κ3) is 5.26. The van der Waals surface area contributed by atoms with Crippen LogP contribution in [0.1, 0.15) is 43.7 Å². The number of aliphatic hydroxyl groups is 1. The topological polar surface area (TPSA) is 60.3 Å². The summed E-state index contributed by atoms with van der Waals surface area (Å²) in [5, 5.41) is 13.6. The number of rotatable bonds is 10. The summed E-state index contributed by atoms with van der Waals surface area (Å²) in [6.45, 7) is 2.42. The number of nitrogens with zero attached hydrogens (tertiary/aromatic N) is 1. The average molecular weight is 383 g/mol. The first-order valence-electron chi connectivity index (χ1n) is 9.84. The maximum Gasteiger partial charge on any atom is 0.163 e. The molecule has 0 spiro atoms. The van der Waals surface area contributed by atoms with Crippen LogP contribution in [0.3, 0.4) is 0 Å². The van der Waals surface area contributed by atoms with Crippen molar-refractivity contribution in [2.75, 3.05) is 20.3 Å². The molecule has 5 nitrogen and oxygen atoms in total. The van der Waals surface area contributed by atoms with Crippen molar-refractivity contribution in [1.29, 1.82) is 0 Å². The Morgan fingerprint density at radius 2 is 1.89 bits per heavy atom. The van der Waals surface area contributed by atoms with Gasteiger partial charge in [0.2, 0.25) is 0 Å². The van der Waals surface area contributed by atoms with Gasteiger partial charge in [-0.3, -0.25) is 0 Å². The predicted molar refractivity (Wildman–Crippen MR) is 110 cm³/mol. The van der Waals surface area contributed by atoms with E-state index in [1.54, 1.807) is 7.11 Å². The molecule has 0 radical (unpaired) electrons. The lowest BCUT2D eigenvalue weighted by molar-refractivity contribution is -0.0428. The zero-order valence-electron chi connectivity index (χ0n) is 16.7. The number of hydrogen-bond donors (Lipinski definition) is 1. The van der Waals surface area contributed by atoms with Crippen LogP contribution < -0.4 is 9.47 Å². The molecule has 0 aliphatic carbocycles. The van der Waals surface area contributed by atoms with Crippen molar-refractivity contribution in [1.82, 2.24) is 0 Å². The Morgan fingerprint density at radius 1 is 1.07 bits per heavy atom. The smallest absolute Gasteiger partial charge is 0.163 e. The second kappa shape index (κ2) is 9.60. The molecule has 0 saturated carbocycles. The fraction of sp³-hybridized carbons (Fsp3) is 0.435. The first kappa shape index (κ1) is 20.2. The molecule has 1 heterocycles. The molecule has 0 amide bonds. The summed E-state index contributed by atoms with van der Waals surface area (Å²) in [4.78, 5) is 5.38. The minimum atomic E-state index is -0.644. The molecule has 5 heteroatoms. The molecule has 1 unspecified atom stereocenters. The zero-order chi connectivity index (χ0) is 19.8. The fourth-order valence-corrected chi connectivity index (χ4v) is 3.23. The molecule has 0 aromatic heterocycles. The van der Waals surface area contributed by atoms with E-state index in [4.69, 9.17) is 14.3 Å². The third-order valence-electron chi connectivity index (χ3n) is 4.96. The summed E-state index contributed by atoms with van der Waals surface area (Å²) in [6.07, 6.45) is 4.93. The van der Waals surface area contributed by atoms with Crippen molar-refractivity contribution < 1.29 is 19.4 Å². The molecule has 1 aliphatic rings.